The highest BCUT2D eigenvalue weighted by Crippen LogP contribution is 2.34. The number of aliphatic hydroxyl groups is 1. The van der Waals surface area contributed by atoms with Gasteiger partial charge in [-0.25, -0.2) is 27.8 Å². The highest BCUT2D eigenvalue weighted by Gasteiger charge is 2.23. The Morgan fingerprint density at radius 1 is 1.07 bits per heavy atom. The number of pyridine rings is 1. The van der Waals surface area contributed by atoms with Gasteiger partial charge in [0.05, 0.1) is 18.3 Å². The number of amides is 1. The molecule has 0 saturated carbocycles. The molecule has 3 aromatic heterocycles. The van der Waals surface area contributed by atoms with Crippen LogP contribution in [0.25, 0.3) is 16.7 Å². The maximum atomic E-state index is 15.2. The first kappa shape index (κ1) is 29.1. The second kappa shape index (κ2) is 11.8. The fourth-order valence-corrected chi connectivity index (χ4v) is 4.15. The maximum absolute atomic E-state index is 15.2. The Kier molecular flexibility index (Phi) is 7.98. The normalized spacial score (nSPS) is 12.0. The zero-order chi connectivity index (χ0) is 30.8. The van der Waals surface area contributed by atoms with Crippen molar-refractivity contribution in [3.05, 3.63) is 92.9 Å². The van der Waals surface area contributed by atoms with Crippen LogP contribution in [0.5, 0.6) is 11.5 Å². The van der Waals surface area contributed by atoms with Crippen LogP contribution >= 0.6 is 0 Å². The average Bonchev–Trinajstić information content (AvgIpc) is 3.38. The van der Waals surface area contributed by atoms with Crippen LogP contribution in [0.2, 0.25) is 0 Å². The van der Waals surface area contributed by atoms with Gasteiger partial charge in [0.15, 0.2) is 23.0 Å². The third-order valence-corrected chi connectivity index (χ3v) is 6.28. The van der Waals surface area contributed by atoms with E-state index in [0.717, 1.165) is 22.9 Å². The number of hydrogen-bond donors (Lipinski definition) is 4. The van der Waals surface area contributed by atoms with Crippen LogP contribution in [-0.2, 0) is 0 Å². The van der Waals surface area contributed by atoms with E-state index in [1.165, 1.54) is 36.5 Å². The van der Waals surface area contributed by atoms with Crippen LogP contribution in [0.1, 0.15) is 37.3 Å². The van der Waals surface area contributed by atoms with E-state index in [0.29, 0.717) is 21.4 Å². The lowest BCUT2D eigenvalue weighted by molar-refractivity contribution is 0.101. The number of carbonyl (C=O) groups excluding carboxylic acids is 1. The van der Waals surface area contributed by atoms with Gasteiger partial charge in [0.1, 0.15) is 17.0 Å². The Hall–Kier alpha value is -5.44. The van der Waals surface area contributed by atoms with Crippen LogP contribution in [0.15, 0.2) is 64.3 Å². The van der Waals surface area contributed by atoms with Crippen LogP contribution in [0.3, 0.4) is 0 Å². The van der Waals surface area contributed by atoms with E-state index in [-0.39, 0.29) is 35.5 Å². The van der Waals surface area contributed by atoms with Gasteiger partial charge in [0.25, 0.3) is 11.5 Å². The van der Waals surface area contributed by atoms with Crippen molar-refractivity contribution in [2.75, 3.05) is 17.2 Å². The summed E-state index contributed by atoms with van der Waals surface area (Å²) in [6, 6.07) is 8.89. The van der Waals surface area contributed by atoms with Crippen LogP contribution in [0, 0.1) is 11.6 Å². The van der Waals surface area contributed by atoms with E-state index in [2.05, 4.69) is 30.9 Å². The zero-order valence-corrected chi connectivity index (χ0v) is 23.1. The van der Waals surface area contributed by atoms with Gasteiger partial charge in [0, 0.05) is 30.1 Å². The van der Waals surface area contributed by atoms with E-state index < -0.39 is 40.5 Å². The molecular weight excluding hydrogens is 566 g/mol. The van der Waals surface area contributed by atoms with Crippen LogP contribution in [0.4, 0.5) is 20.3 Å². The molecule has 4 N–H and O–H groups in total. The second-order valence-electron chi connectivity index (χ2n) is 9.82. The highest BCUT2D eigenvalue weighted by atomic mass is 19.1. The molecule has 0 aliphatic rings. The number of H-pyrrole nitrogens is 1. The maximum Gasteiger partial charge on any atom is 0.352 e. The summed E-state index contributed by atoms with van der Waals surface area (Å²) in [7, 11) is 0. The molecule has 0 saturated heterocycles. The SMILES string of the molecule is CC(CO)Nc1n[nH]c2nccc(Oc3ccc(NC(=O)c4nn(C(C)C)c(=O)n(-c5ccc(F)cc5)c4=O)cc3F)c12. The summed E-state index contributed by atoms with van der Waals surface area (Å²) in [6.07, 6.45) is 1.45. The van der Waals surface area contributed by atoms with Crippen molar-refractivity contribution in [1.82, 2.24) is 29.5 Å². The Bertz CT molecular complexity index is 1940. The van der Waals surface area contributed by atoms with Crippen molar-refractivity contribution in [2.45, 2.75) is 32.9 Å². The number of hydrogen-bond acceptors (Lipinski definition) is 9. The summed E-state index contributed by atoms with van der Waals surface area (Å²) in [6.45, 7) is 4.86. The number of aliphatic hydroxyl groups excluding tert-OH is 1. The zero-order valence-electron chi connectivity index (χ0n) is 23.1. The van der Waals surface area contributed by atoms with Gasteiger partial charge in [0.2, 0.25) is 5.69 Å². The number of nitrogens with zero attached hydrogens (tertiary/aromatic N) is 5. The van der Waals surface area contributed by atoms with Gasteiger partial charge < -0.3 is 20.5 Å². The topological polar surface area (TPSA) is 169 Å². The number of aromatic amines is 1. The number of carbonyl (C=O) groups is 1. The minimum Gasteiger partial charge on any atom is -0.453 e. The minimum absolute atomic E-state index is 0.0195. The van der Waals surface area contributed by atoms with Crippen molar-refractivity contribution in [2.24, 2.45) is 0 Å². The van der Waals surface area contributed by atoms with E-state index in [4.69, 9.17) is 4.74 Å². The Morgan fingerprint density at radius 2 is 1.81 bits per heavy atom. The molecule has 0 fully saturated rings. The van der Waals surface area contributed by atoms with Crippen LogP contribution < -0.4 is 26.6 Å². The van der Waals surface area contributed by atoms with E-state index in [1.54, 1.807) is 20.8 Å². The first-order chi connectivity index (χ1) is 20.6. The number of rotatable bonds is 9. The highest BCUT2D eigenvalue weighted by molar-refractivity contribution is 6.02. The fourth-order valence-electron chi connectivity index (χ4n) is 4.15. The summed E-state index contributed by atoms with van der Waals surface area (Å²) in [4.78, 5) is 43.5. The number of anilines is 2. The molecule has 13 nitrogen and oxygen atoms in total. The number of aromatic nitrogens is 6. The van der Waals surface area contributed by atoms with Gasteiger partial charge in [-0.2, -0.15) is 10.2 Å². The van der Waals surface area contributed by atoms with Crippen molar-refractivity contribution in [3.8, 4) is 17.2 Å². The standard InChI is InChI=1S/C28H26F2N8O5/c1-14(2)38-28(42)37(18-7-4-16(29)5-8-18)27(41)23(36-38)26(40)33-17-6-9-20(19(30)12-17)43-21-10-11-31-24-22(21)25(35-34-24)32-15(3)13-39/h4-12,14-15,39H,13H2,1-3H3,(H,33,40)(H2,31,32,34,35). The van der Waals surface area contributed by atoms with Crippen molar-refractivity contribution in [3.63, 3.8) is 0 Å². The van der Waals surface area contributed by atoms with Gasteiger partial charge in [-0.3, -0.25) is 14.7 Å². The Morgan fingerprint density at radius 3 is 2.49 bits per heavy atom. The molecule has 15 heteroatoms. The predicted molar refractivity (Wildman–Crippen MR) is 153 cm³/mol. The molecule has 0 aliphatic heterocycles. The second-order valence-corrected chi connectivity index (χ2v) is 9.82. The van der Waals surface area contributed by atoms with Gasteiger partial charge >= 0.3 is 5.69 Å². The molecular formula is C28H26F2N8O5. The third kappa shape index (κ3) is 5.83. The molecule has 5 rings (SSSR count). The molecule has 222 valence electrons. The quantitative estimate of drug-likeness (QED) is 0.200. The summed E-state index contributed by atoms with van der Waals surface area (Å²) in [5, 5.41) is 26.1. The first-order valence-corrected chi connectivity index (χ1v) is 13.1. The molecule has 1 amide bonds. The number of halogens is 2. The largest absolute Gasteiger partial charge is 0.453 e. The molecule has 0 aliphatic carbocycles. The molecule has 3 heterocycles. The molecule has 1 unspecified atom stereocenters. The van der Waals surface area contributed by atoms with Crippen molar-refractivity contribution < 1.29 is 23.4 Å². The monoisotopic (exact) mass is 592 g/mol. The molecule has 5 aromatic rings. The van der Waals surface area contributed by atoms with E-state index in [1.807, 2.05) is 0 Å². The summed E-state index contributed by atoms with van der Waals surface area (Å²) >= 11 is 0. The van der Waals surface area contributed by atoms with Crippen molar-refractivity contribution in [1.29, 1.82) is 0 Å². The van der Waals surface area contributed by atoms with Crippen LogP contribution in [-0.4, -0.2) is 53.2 Å². The fraction of sp³-hybridized carbons (Fsp3) is 0.214. The molecule has 0 radical (unpaired) electrons. The summed E-state index contributed by atoms with van der Waals surface area (Å²) in [5.74, 6) is -2.01. The van der Waals surface area contributed by atoms with Gasteiger partial charge in [-0.1, -0.05) is 0 Å². The van der Waals surface area contributed by atoms with Gasteiger partial charge in [-0.15, -0.1) is 0 Å². The first-order valence-electron chi connectivity index (χ1n) is 13.1. The average molecular weight is 593 g/mol. The summed E-state index contributed by atoms with van der Waals surface area (Å²) < 4.78 is 36.1. The van der Waals surface area contributed by atoms with Gasteiger partial charge in [-0.05, 0) is 57.2 Å². The summed E-state index contributed by atoms with van der Waals surface area (Å²) in [5.41, 5.74) is -2.09. The number of nitrogens with one attached hydrogen (secondary N) is 3. The molecule has 0 spiro atoms. The predicted octanol–water partition coefficient (Wildman–Crippen LogP) is 3.36. The lowest BCUT2D eigenvalue weighted by Crippen LogP contribution is -2.45. The van der Waals surface area contributed by atoms with E-state index >= 15 is 4.39 Å². The minimum atomic E-state index is -1.03. The van der Waals surface area contributed by atoms with E-state index in [9.17, 15) is 23.9 Å². The number of fused-ring (bicyclic) bond motifs is 1. The Labute approximate surface area is 241 Å². The smallest absolute Gasteiger partial charge is 0.352 e. The Balaban J connectivity index is 1.44. The molecule has 1 atom stereocenters. The molecule has 0 bridgehead atoms. The van der Waals surface area contributed by atoms with Crippen molar-refractivity contribution >= 4 is 28.4 Å². The molecule has 2 aromatic carbocycles. The molecule has 43 heavy (non-hydrogen) atoms. The number of benzene rings is 2. The lowest BCUT2D eigenvalue weighted by atomic mass is 10.2. The lowest BCUT2D eigenvalue weighted by Gasteiger charge is -2.14. The third-order valence-electron chi connectivity index (χ3n) is 6.28. The number of ether oxygens (including phenoxy) is 1.